The standard InChI is InChI=1S/C11H9N5O2/c17-11(18)9-5-16(15-14-9)6-10-12-7-3-1-2-4-8(7)13-10/h1-5H,6H2,(H,12,13)(H,17,18). The highest BCUT2D eigenvalue weighted by Gasteiger charge is 2.09. The van der Waals surface area contributed by atoms with Gasteiger partial charge < -0.3 is 10.1 Å². The molecular formula is C11H9N5O2. The van der Waals surface area contributed by atoms with Crippen LogP contribution in [0.1, 0.15) is 16.3 Å². The van der Waals surface area contributed by atoms with Gasteiger partial charge in [0.1, 0.15) is 12.4 Å². The fourth-order valence-electron chi connectivity index (χ4n) is 1.71. The molecule has 0 radical (unpaired) electrons. The smallest absolute Gasteiger partial charge is 0.358 e. The topological polar surface area (TPSA) is 96.7 Å². The number of carboxylic acids is 1. The van der Waals surface area contributed by atoms with Gasteiger partial charge in [0.15, 0.2) is 5.69 Å². The highest BCUT2D eigenvalue weighted by Crippen LogP contribution is 2.10. The first-order valence-electron chi connectivity index (χ1n) is 5.29. The summed E-state index contributed by atoms with van der Waals surface area (Å²) >= 11 is 0. The minimum absolute atomic E-state index is 0.0777. The number of aromatic carboxylic acids is 1. The maximum atomic E-state index is 10.7. The molecule has 0 fully saturated rings. The number of aromatic nitrogens is 5. The first-order valence-corrected chi connectivity index (χ1v) is 5.29. The zero-order valence-electron chi connectivity index (χ0n) is 9.24. The molecule has 0 amide bonds. The lowest BCUT2D eigenvalue weighted by molar-refractivity contribution is 0.0690. The number of nitrogens with one attached hydrogen (secondary N) is 1. The van der Waals surface area contributed by atoms with Gasteiger partial charge in [-0.15, -0.1) is 5.10 Å². The van der Waals surface area contributed by atoms with Crippen LogP contribution in [0.25, 0.3) is 11.0 Å². The molecule has 3 rings (SSSR count). The number of para-hydroxylation sites is 2. The van der Waals surface area contributed by atoms with Crippen molar-refractivity contribution in [3.8, 4) is 0 Å². The summed E-state index contributed by atoms with van der Waals surface area (Å²) in [6, 6.07) is 7.66. The van der Waals surface area contributed by atoms with Crippen LogP contribution in [-0.2, 0) is 6.54 Å². The van der Waals surface area contributed by atoms with Crippen LogP contribution in [0.3, 0.4) is 0 Å². The van der Waals surface area contributed by atoms with Crippen molar-refractivity contribution in [2.75, 3.05) is 0 Å². The van der Waals surface area contributed by atoms with Crippen molar-refractivity contribution >= 4 is 17.0 Å². The Morgan fingerprint density at radius 3 is 2.94 bits per heavy atom. The van der Waals surface area contributed by atoms with Crippen molar-refractivity contribution in [3.63, 3.8) is 0 Å². The zero-order valence-corrected chi connectivity index (χ0v) is 9.24. The van der Waals surface area contributed by atoms with E-state index < -0.39 is 5.97 Å². The van der Waals surface area contributed by atoms with Crippen molar-refractivity contribution < 1.29 is 9.90 Å². The summed E-state index contributed by atoms with van der Waals surface area (Å²) in [6.45, 7) is 0.356. The van der Waals surface area contributed by atoms with Gasteiger partial charge in [0, 0.05) is 0 Å². The number of aromatic amines is 1. The summed E-state index contributed by atoms with van der Waals surface area (Å²) in [6.07, 6.45) is 1.37. The third-order valence-electron chi connectivity index (χ3n) is 2.51. The van der Waals surface area contributed by atoms with E-state index in [4.69, 9.17) is 5.11 Å². The number of carbonyl (C=O) groups is 1. The molecule has 0 aliphatic carbocycles. The van der Waals surface area contributed by atoms with Crippen molar-refractivity contribution in [1.82, 2.24) is 25.0 Å². The molecule has 0 saturated carbocycles. The normalized spacial score (nSPS) is 10.9. The second kappa shape index (κ2) is 3.95. The average molecular weight is 243 g/mol. The monoisotopic (exact) mass is 243 g/mol. The minimum atomic E-state index is -1.09. The lowest BCUT2D eigenvalue weighted by Crippen LogP contribution is -2.02. The molecule has 0 unspecified atom stereocenters. The van der Waals surface area contributed by atoms with E-state index in [-0.39, 0.29) is 5.69 Å². The van der Waals surface area contributed by atoms with Crippen molar-refractivity contribution in [3.05, 3.63) is 42.0 Å². The Morgan fingerprint density at radius 2 is 2.22 bits per heavy atom. The quantitative estimate of drug-likeness (QED) is 0.712. The Balaban J connectivity index is 1.88. The number of H-pyrrole nitrogens is 1. The van der Waals surface area contributed by atoms with Crippen LogP contribution >= 0.6 is 0 Å². The summed E-state index contributed by atoms with van der Waals surface area (Å²) in [5, 5.41) is 16.0. The molecule has 0 spiro atoms. The third kappa shape index (κ3) is 1.81. The Labute approximate surface area is 101 Å². The molecule has 0 aliphatic rings. The number of benzene rings is 1. The number of fused-ring (bicyclic) bond motifs is 1. The van der Waals surface area contributed by atoms with E-state index in [9.17, 15) is 4.79 Å². The van der Waals surface area contributed by atoms with Gasteiger partial charge in [-0.25, -0.2) is 14.5 Å². The SMILES string of the molecule is O=C(O)c1cn(Cc2nc3ccccc3[nH]2)nn1. The van der Waals surface area contributed by atoms with Gasteiger partial charge in [0.2, 0.25) is 0 Å². The Morgan fingerprint density at radius 1 is 1.39 bits per heavy atom. The number of rotatable bonds is 3. The summed E-state index contributed by atoms with van der Waals surface area (Å²) < 4.78 is 1.43. The fourth-order valence-corrected chi connectivity index (χ4v) is 1.71. The second-order valence-electron chi connectivity index (χ2n) is 3.81. The Hall–Kier alpha value is -2.70. The molecule has 0 aliphatic heterocycles. The van der Waals surface area contributed by atoms with Gasteiger partial charge in [0.05, 0.1) is 17.2 Å². The van der Waals surface area contributed by atoms with Crippen LogP contribution in [0.5, 0.6) is 0 Å². The predicted octanol–water partition coefficient (Wildman–Crippen LogP) is 0.901. The van der Waals surface area contributed by atoms with E-state index in [1.165, 1.54) is 10.9 Å². The fraction of sp³-hybridized carbons (Fsp3) is 0.0909. The first kappa shape index (κ1) is 10.5. The van der Waals surface area contributed by atoms with Crippen LogP contribution < -0.4 is 0 Å². The zero-order chi connectivity index (χ0) is 12.5. The molecule has 0 atom stereocenters. The molecule has 0 bridgehead atoms. The molecule has 2 N–H and O–H groups in total. The maximum Gasteiger partial charge on any atom is 0.358 e. The molecule has 7 nitrogen and oxygen atoms in total. The summed E-state index contributed by atoms with van der Waals surface area (Å²) in [4.78, 5) is 18.2. The van der Waals surface area contributed by atoms with Crippen molar-refractivity contribution in [2.45, 2.75) is 6.54 Å². The van der Waals surface area contributed by atoms with E-state index in [1.807, 2.05) is 24.3 Å². The lowest BCUT2D eigenvalue weighted by Gasteiger charge is -1.94. The molecule has 0 saturated heterocycles. The Bertz CT molecular complexity index is 682. The minimum Gasteiger partial charge on any atom is -0.476 e. The van der Waals surface area contributed by atoms with Crippen LogP contribution in [0.2, 0.25) is 0 Å². The van der Waals surface area contributed by atoms with Gasteiger partial charge in [0.25, 0.3) is 0 Å². The molecule has 1 aromatic carbocycles. The highest BCUT2D eigenvalue weighted by atomic mass is 16.4. The largest absolute Gasteiger partial charge is 0.476 e. The number of hydrogen-bond donors (Lipinski definition) is 2. The van der Waals surface area contributed by atoms with E-state index in [0.717, 1.165) is 11.0 Å². The van der Waals surface area contributed by atoms with E-state index in [2.05, 4.69) is 20.3 Å². The molecule has 3 aromatic rings. The van der Waals surface area contributed by atoms with Crippen LogP contribution in [0.4, 0.5) is 0 Å². The maximum absolute atomic E-state index is 10.7. The van der Waals surface area contributed by atoms with Crippen LogP contribution in [-0.4, -0.2) is 36.0 Å². The molecule has 7 heteroatoms. The van der Waals surface area contributed by atoms with Crippen molar-refractivity contribution in [2.24, 2.45) is 0 Å². The van der Waals surface area contributed by atoms with Crippen molar-refractivity contribution in [1.29, 1.82) is 0 Å². The average Bonchev–Trinajstić information content (AvgIpc) is 2.94. The molecular weight excluding hydrogens is 234 g/mol. The summed E-state index contributed by atoms with van der Waals surface area (Å²) in [7, 11) is 0. The molecule has 18 heavy (non-hydrogen) atoms. The van der Waals surface area contributed by atoms with E-state index in [1.54, 1.807) is 0 Å². The number of nitrogens with zero attached hydrogens (tertiary/aromatic N) is 4. The summed E-state index contributed by atoms with van der Waals surface area (Å²) in [5.41, 5.74) is 1.73. The number of hydrogen-bond acceptors (Lipinski definition) is 4. The molecule has 2 aromatic heterocycles. The first-order chi connectivity index (χ1) is 8.72. The predicted molar refractivity (Wildman–Crippen MR) is 62.2 cm³/mol. The highest BCUT2D eigenvalue weighted by molar-refractivity contribution is 5.84. The third-order valence-corrected chi connectivity index (χ3v) is 2.51. The van der Waals surface area contributed by atoms with E-state index in [0.29, 0.717) is 12.4 Å². The lowest BCUT2D eigenvalue weighted by atomic mass is 10.3. The molecule has 2 heterocycles. The van der Waals surface area contributed by atoms with E-state index >= 15 is 0 Å². The second-order valence-corrected chi connectivity index (χ2v) is 3.81. The van der Waals surface area contributed by atoms with Gasteiger partial charge >= 0.3 is 5.97 Å². The molecule has 90 valence electrons. The number of carboxylic acid groups (broad SMARTS) is 1. The van der Waals surface area contributed by atoms with Gasteiger partial charge in [-0.2, -0.15) is 0 Å². The van der Waals surface area contributed by atoms with Crippen LogP contribution in [0.15, 0.2) is 30.5 Å². The van der Waals surface area contributed by atoms with Crippen LogP contribution in [0, 0.1) is 0 Å². The Kier molecular flexibility index (Phi) is 2.30. The summed E-state index contributed by atoms with van der Waals surface area (Å²) in [5.74, 6) is -0.385. The van der Waals surface area contributed by atoms with Gasteiger partial charge in [-0.05, 0) is 12.1 Å². The number of imidazole rings is 1. The van der Waals surface area contributed by atoms with Gasteiger partial charge in [-0.1, -0.05) is 17.3 Å². The van der Waals surface area contributed by atoms with Gasteiger partial charge in [-0.3, -0.25) is 0 Å².